The fourth-order valence-corrected chi connectivity index (χ4v) is 5.87. The summed E-state index contributed by atoms with van der Waals surface area (Å²) in [6.45, 7) is 6.03. The van der Waals surface area contributed by atoms with Crippen molar-refractivity contribution in [2.24, 2.45) is 0 Å². The lowest BCUT2D eigenvalue weighted by Crippen LogP contribution is -2.33. The van der Waals surface area contributed by atoms with Crippen LogP contribution in [0.5, 0.6) is 0 Å². The Labute approximate surface area is 264 Å². The first-order valence-corrected chi connectivity index (χ1v) is 16.2. The van der Waals surface area contributed by atoms with Crippen LogP contribution in [-0.4, -0.2) is 119 Å². The first kappa shape index (κ1) is 42.4. The molecule has 0 aromatic rings. The molecule has 0 aromatic heterocycles. The maximum Gasteiger partial charge on any atom is 0.0630 e. The maximum absolute atomic E-state index is 5.92. The molecule has 0 radical (unpaired) electrons. The topological polar surface area (TPSA) is 83.1 Å². The minimum atomic E-state index is -0.0314. The van der Waals surface area contributed by atoms with Crippen LogP contribution >= 0.6 is 0 Å². The second kappa shape index (κ2) is 27.7. The highest BCUT2D eigenvalue weighted by Gasteiger charge is 2.28. The maximum atomic E-state index is 5.92. The Morgan fingerprint density at radius 1 is 0.395 bits per heavy atom. The van der Waals surface area contributed by atoms with Crippen molar-refractivity contribution in [1.82, 2.24) is 0 Å². The molecule has 0 saturated carbocycles. The monoisotopic (exact) mass is 620 g/mol. The molecule has 9 unspecified atom stereocenters. The van der Waals surface area contributed by atoms with Crippen molar-refractivity contribution in [1.29, 1.82) is 0 Å². The van der Waals surface area contributed by atoms with Gasteiger partial charge in [-0.25, -0.2) is 0 Å². The summed E-state index contributed by atoms with van der Waals surface area (Å²) < 4.78 is 52.3. The lowest BCUT2D eigenvalue weighted by atomic mass is 9.94. The Bertz CT molecular complexity index is 623. The average molecular weight is 621 g/mol. The number of hydrogen-bond donors (Lipinski definition) is 0. The van der Waals surface area contributed by atoms with E-state index in [4.69, 9.17) is 42.6 Å². The molecule has 0 N–H and O–H groups in total. The summed E-state index contributed by atoms with van der Waals surface area (Å²) in [7, 11) is 15.8. The summed E-state index contributed by atoms with van der Waals surface area (Å²) in [5.74, 6) is 0. The fourth-order valence-electron chi connectivity index (χ4n) is 5.87. The van der Waals surface area contributed by atoms with Crippen molar-refractivity contribution < 1.29 is 42.6 Å². The molecule has 9 nitrogen and oxygen atoms in total. The number of ether oxygens (including phenoxy) is 9. The van der Waals surface area contributed by atoms with Crippen LogP contribution in [0.3, 0.4) is 0 Å². The Morgan fingerprint density at radius 3 is 0.953 bits per heavy atom. The molecule has 0 rings (SSSR count). The summed E-state index contributed by atoms with van der Waals surface area (Å²) >= 11 is 0. The van der Waals surface area contributed by atoms with Crippen LogP contribution in [0, 0.1) is 0 Å². The van der Waals surface area contributed by atoms with Crippen molar-refractivity contribution in [2.45, 2.75) is 145 Å². The lowest BCUT2D eigenvalue weighted by Gasteiger charge is -2.30. The summed E-state index contributed by atoms with van der Waals surface area (Å²) in [6.07, 6.45) is 13.8. The molecule has 43 heavy (non-hydrogen) atoms. The molecule has 0 spiro atoms. The highest BCUT2D eigenvalue weighted by atomic mass is 16.5. The van der Waals surface area contributed by atoms with E-state index in [9.17, 15) is 0 Å². The Hall–Kier alpha value is -0.620. The molecule has 9 atom stereocenters. The van der Waals surface area contributed by atoms with Crippen molar-refractivity contribution in [3.05, 3.63) is 12.7 Å². The predicted molar refractivity (Wildman–Crippen MR) is 173 cm³/mol. The van der Waals surface area contributed by atoms with Gasteiger partial charge >= 0.3 is 0 Å². The first-order chi connectivity index (χ1) is 20.8. The van der Waals surface area contributed by atoms with Gasteiger partial charge in [0.15, 0.2) is 0 Å². The third kappa shape index (κ3) is 19.5. The normalized spacial score (nSPS) is 18.4. The molecule has 258 valence electrons. The highest BCUT2D eigenvalue weighted by molar-refractivity contribution is 4.81. The zero-order valence-corrected chi connectivity index (χ0v) is 29.3. The largest absolute Gasteiger partial charge is 0.381 e. The van der Waals surface area contributed by atoms with Crippen molar-refractivity contribution >= 4 is 0 Å². The van der Waals surface area contributed by atoms with Gasteiger partial charge in [-0.3, -0.25) is 0 Å². The summed E-state index contributed by atoms with van der Waals surface area (Å²) in [5.41, 5.74) is 0. The molecule has 0 aromatic carbocycles. The van der Waals surface area contributed by atoms with E-state index in [0.717, 1.165) is 83.5 Å². The van der Waals surface area contributed by atoms with Gasteiger partial charge in [-0.05, 0) is 70.6 Å². The fraction of sp³-hybridized carbons (Fsp3) is 0.941. The van der Waals surface area contributed by atoms with Crippen LogP contribution in [0.1, 0.15) is 90.4 Å². The number of methoxy groups -OCH3 is 9. The van der Waals surface area contributed by atoms with Crippen molar-refractivity contribution in [3.63, 3.8) is 0 Å². The smallest absolute Gasteiger partial charge is 0.0630 e. The van der Waals surface area contributed by atoms with E-state index in [-0.39, 0.29) is 48.8 Å². The van der Waals surface area contributed by atoms with Crippen LogP contribution < -0.4 is 0 Å². The van der Waals surface area contributed by atoms with E-state index in [1.807, 2.05) is 6.08 Å². The second-order valence-corrected chi connectivity index (χ2v) is 11.6. The second-order valence-electron chi connectivity index (χ2n) is 11.6. The third-order valence-electron chi connectivity index (χ3n) is 8.77. The zero-order chi connectivity index (χ0) is 32.5. The number of rotatable bonds is 31. The van der Waals surface area contributed by atoms with Crippen LogP contribution in [0.2, 0.25) is 0 Å². The van der Waals surface area contributed by atoms with Crippen molar-refractivity contribution in [2.75, 3.05) is 64.0 Å². The molecule has 0 aliphatic carbocycles. The van der Waals surface area contributed by atoms with E-state index in [1.54, 1.807) is 64.0 Å². The van der Waals surface area contributed by atoms with Crippen LogP contribution in [0.25, 0.3) is 0 Å². The van der Waals surface area contributed by atoms with Gasteiger partial charge in [-0.2, -0.15) is 0 Å². The molecule has 0 aliphatic heterocycles. The molecule has 0 bridgehead atoms. The van der Waals surface area contributed by atoms with Gasteiger partial charge < -0.3 is 42.6 Å². The van der Waals surface area contributed by atoms with Gasteiger partial charge in [0.1, 0.15) is 0 Å². The molecule has 0 saturated heterocycles. The summed E-state index contributed by atoms with van der Waals surface area (Å²) in [4.78, 5) is 0. The third-order valence-corrected chi connectivity index (χ3v) is 8.77. The van der Waals surface area contributed by atoms with Gasteiger partial charge in [0.05, 0.1) is 54.9 Å². The molecule has 9 heteroatoms. The van der Waals surface area contributed by atoms with E-state index >= 15 is 0 Å². The minimum absolute atomic E-state index is 0.0146. The first-order valence-electron chi connectivity index (χ1n) is 16.2. The quantitative estimate of drug-likeness (QED) is 0.0818. The lowest BCUT2D eigenvalue weighted by molar-refractivity contribution is -0.0564. The van der Waals surface area contributed by atoms with Gasteiger partial charge in [0, 0.05) is 70.4 Å². The van der Waals surface area contributed by atoms with E-state index in [1.165, 1.54) is 0 Å². The molecule has 0 fully saturated rings. The van der Waals surface area contributed by atoms with E-state index in [0.29, 0.717) is 6.10 Å². The molecular formula is C34H68O9. The van der Waals surface area contributed by atoms with Crippen LogP contribution in [-0.2, 0) is 42.6 Å². The average Bonchev–Trinajstić information content (AvgIpc) is 3.03. The zero-order valence-electron chi connectivity index (χ0n) is 29.3. The summed E-state index contributed by atoms with van der Waals surface area (Å²) in [5, 5.41) is 0. The molecule has 0 amide bonds. The van der Waals surface area contributed by atoms with Gasteiger partial charge in [-0.15, -0.1) is 6.58 Å². The van der Waals surface area contributed by atoms with E-state index < -0.39 is 0 Å². The van der Waals surface area contributed by atoms with Gasteiger partial charge in [-0.1, -0.05) is 19.4 Å². The predicted octanol–water partition coefficient (Wildman–Crippen LogP) is 6.40. The number of hydrogen-bond acceptors (Lipinski definition) is 9. The Balaban J connectivity index is 5.04. The van der Waals surface area contributed by atoms with E-state index in [2.05, 4.69) is 13.5 Å². The minimum Gasteiger partial charge on any atom is -0.381 e. The van der Waals surface area contributed by atoms with Crippen LogP contribution in [0.4, 0.5) is 0 Å². The molecule has 0 heterocycles. The van der Waals surface area contributed by atoms with Crippen LogP contribution in [0.15, 0.2) is 12.7 Å². The van der Waals surface area contributed by atoms with Crippen molar-refractivity contribution in [3.8, 4) is 0 Å². The Kier molecular flexibility index (Phi) is 27.3. The molecule has 0 aliphatic rings. The summed E-state index contributed by atoms with van der Waals surface area (Å²) in [6, 6.07) is 0. The SMILES string of the molecule is C=CCC(CC(CC(CC(CC(CC(CC(CC(CCCC(CCC)OC)OC)OC)OC)OC)OC)OC)OC)OC. The molecular weight excluding hydrogens is 552 g/mol. The van der Waals surface area contributed by atoms with Gasteiger partial charge in [0.25, 0.3) is 0 Å². The highest BCUT2D eigenvalue weighted by Crippen LogP contribution is 2.25. The van der Waals surface area contributed by atoms with Gasteiger partial charge in [0.2, 0.25) is 0 Å². The standard InChI is InChI=1S/C34H68O9/c1-12-15-26(35-3)17-14-18-28(37-5)20-30(39-7)22-32(41-9)24-34(43-11)25-33(42-10)23-31(40-8)21-29(38-6)19-27(36-4)16-13-2/h13,26-34H,2,12,14-25H2,1,3-11H3. The Morgan fingerprint density at radius 2 is 0.674 bits per heavy atom.